The van der Waals surface area contributed by atoms with Gasteiger partial charge < -0.3 is 20.9 Å². The molecule has 1 unspecified atom stereocenters. The van der Waals surface area contributed by atoms with Crippen molar-refractivity contribution < 1.29 is 19.4 Å². The van der Waals surface area contributed by atoms with E-state index in [0.717, 1.165) is 0 Å². The number of amides is 2. The zero-order chi connectivity index (χ0) is 19.2. The molecule has 3 rings (SSSR count). The number of aliphatic hydroxyl groups excluding tert-OH is 1. The maximum Gasteiger partial charge on any atom is 0.252 e. The molecule has 2 amide bonds. The van der Waals surface area contributed by atoms with E-state index in [1.807, 2.05) is 6.08 Å². The van der Waals surface area contributed by atoms with Crippen LogP contribution in [0.1, 0.15) is 23.2 Å². The van der Waals surface area contributed by atoms with Crippen molar-refractivity contribution in [3.8, 4) is 17.3 Å². The highest BCUT2D eigenvalue weighted by Crippen LogP contribution is 2.22. The second-order valence-electron chi connectivity index (χ2n) is 6.04. The second-order valence-corrected chi connectivity index (χ2v) is 6.04. The molecule has 8 nitrogen and oxygen atoms in total. The Kier molecular flexibility index (Phi) is 5.77. The molecule has 8 heteroatoms. The van der Waals surface area contributed by atoms with Crippen LogP contribution in [0.3, 0.4) is 0 Å². The maximum absolute atomic E-state index is 12.8. The average molecular weight is 368 g/mol. The van der Waals surface area contributed by atoms with E-state index in [9.17, 15) is 14.7 Å². The molecule has 4 N–H and O–H groups in total. The van der Waals surface area contributed by atoms with E-state index in [1.54, 1.807) is 42.6 Å². The first-order valence-electron chi connectivity index (χ1n) is 8.55. The number of carbonyl (C=O) groups excluding carboxylic acids is 2. The Labute approximate surface area is 156 Å². The summed E-state index contributed by atoms with van der Waals surface area (Å²) in [5, 5.41) is 12.8. The van der Waals surface area contributed by atoms with Gasteiger partial charge in [0, 0.05) is 17.8 Å². The summed E-state index contributed by atoms with van der Waals surface area (Å²) in [5.74, 6) is -0.598. The number of aromatic nitrogens is 2. The Morgan fingerprint density at radius 1 is 1.26 bits per heavy atom. The number of rotatable bonds is 2. The van der Waals surface area contributed by atoms with Gasteiger partial charge in [-0.2, -0.15) is 4.98 Å². The van der Waals surface area contributed by atoms with Gasteiger partial charge in [0.15, 0.2) is 11.9 Å². The van der Waals surface area contributed by atoms with Crippen LogP contribution in [0, 0.1) is 0 Å². The number of ether oxygens (including phenoxy) is 1. The zero-order valence-electron chi connectivity index (χ0n) is 14.5. The third kappa shape index (κ3) is 4.48. The van der Waals surface area contributed by atoms with Crippen LogP contribution in [0.25, 0.3) is 11.4 Å². The summed E-state index contributed by atoms with van der Waals surface area (Å²) in [5.41, 5.74) is 6.04. The van der Waals surface area contributed by atoms with Gasteiger partial charge in [-0.05, 0) is 18.9 Å². The number of fused-ring (bicyclic) bond motifs is 4. The normalized spacial score (nSPS) is 19.6. The van der Waals surface area contributed by atoms with E-state index in [4.69, 9.17) is 10.5 Å². The van der Waals surface area contributed by atoms with Crippen LogP contribution in [-0.4, -0.2) is 45.6 Å². The molecule has 1 aliphatic rings. The summed E-state index contributed by atoms with van der Waals surface area (Å²) >= 11 is 0. The Hall–Kier alpha value is -3.26. The zero-order valence-corrected chi connectivity index (χ0v) is 14.5. The summed E-state index contributed by atoms with van der Waals surface area (Å²) in [6.45, 7) is 0.407. The van der Waals surface area contributed by atoms with Gasteiger partial charge >= 0.3 is 0 Å². The number of hydrogen-bond donors (Lipinski definition) is 3. The van der Waals surface area contributed by atoms with Crippen LogP contribution >= 0.6 is 0 Å². The standard InChI is InChI=1S/C19H20N4O4/c20-17(25)16(24)14-8-2-1-5-11-27-15-9-10-21-18(23-15)12-6-3-4-7-13(12)19(26)22-14/h1-4,6-7,9-10,14,16,24H,5,8,11H2,(H2,20,25)(H,22,26)/b2-1+/t14-,16?/m0/s1. The molecular formula is C19H20N4O4. The van der Waals surface area contributed by atoms with Gasteiger partial charge in [-0.3, -0.25) is 9.59 Å². The summed E-state index contributed by atoms with van der Waals surface area (Å²) < 4.78 is 5.62. The molecule has 0 saturated heterocycles. The number of nitrogens with one attached hydrogen (secondary N) is 1. The third-order valence-corrected chi connectivity index (χ3v) is 4.12. The molecule has 0 aliphatic carbocycles. The smallest absolute Gasteiger partial charge is 0.252 e. The number of nitrogens with zero attached hydrogens (tertiary/aromatic N) is 2. The van der Waals surface area contributed by atoms with E-state index in [2.05, 4.69) is 15.3 Å². The summed E-state index contributed by atoms with van der Waals surface area (Å²) in [7, 11) is 0. The molecular weight excluding hydrogens is 348 g/mol. The van der Waals surface area contributed by atoms with E-state index in [0.29, 0.717) is 35.9 Å². The van der Waals surface area contributed by atoms with Crippen molar-refractivity contribution in [2.24, 2.45) is 5.73 Å². The van der Waals surface area contributed by atoms with E-state index in [-0.39, 0.29) is 6.42 Å². The first-order chi connectivity index (χ1) is 13.1. The first kappa shape index (κ1) is 18.5. The third-order valence-electron chi connectivity index (χ3n) is 4.12. The fourth-order valence-corrected chi connectivity index (χ4v) is 2.73. The van der Waals surface area contributed by atoms with Crippen molar-refractivity contribution in [2.75, 3.05) is 6.61 Å². The van der Waals surface area contributed by atoms with Gasteiger partial charge in [-0.25, -0.2) is 4.98 Å². The molecule has 0 spiro atoms. The molecule has 27 heavy (non-hydrogen) atoms. The Morgan fingerprint density at radius 3 is 2.81 bits per heavy atom. The molecule has 1 aliphatic heterocycles. The SMILES string of the molecule is NC(=O)C(O)[C@@H]1C/C=C/CCOc2ccnc(n2)-c2ccccc2C(=O)N1. The number of primary amides is 1. The summed E-state index contributed by atoms with van der Waals surface area (Å²) in [4.78, 5) is 32.8. The highest BCUT2D eigenvalue weighted by atomic mass is 16.5. The van der Waals surface area contributed by atoms with Gasteiger partial charge in [-0.15, -0.1) is 0 Å². The van der Waals surface area contributed by atoms with E-state index in [1.165, 1.54) is 0 Å². The van der Waals surface area contributed by atoms with Crippen molar-refractivity contribution in [2.45, 2.75) is 25.0 Å². The fraction of sp³-hybridized carbons (Fsp3) is 0.263. The predicted molar refractivity (Wildman–Crippen MR) is 97.8 cm³/mol. The molecule has 0 fully saturated rings. The number of aliphatic hydroxyl groups is 1. The monoisotopic (exact) mass is 368 g/mol. The molecule has 2 heterocycles. The van der Waals surface area contributed by atoms with Gasteiger partial charge in [-0.1, -0.05) is 30.4 Å². The minimum absolute atomic E-state index is 0.250. The molecule has 2 atom stereocenters. The minimum atomic E-state index is -1.51. The Bertz CT molecular complexity index is 868. The Balaban J connectivity index is 2.01. The predicted octanol–water partition coefficient (Wildman–Crippen LogP) is 0.817. The van der Waals surface area contributed by atoms with Crippen molar-refractivity contribution in [3.63, 3.8) is 0 Å². The number of benzene rings is 1. The van der Waals surface area contributed by atoms with E-state index < -0.39 is 24.0 Å². The molecule has 1 aromatic carbocycles. The maximum atomic E-state index is 12.8. The second kappa shape index (κ2) is 8.41. The average Bonchev–Trinajstić information content (AvgIpc) is 2.68. The fourth-order valence-electron chi connectivity index (χ4n) is 2.73. The van der Waals surface area contributed by atoms with Crippen molar-refractivity contribution in [1.29, 1.82) is 0 Å². The van der Waals surface area contributed by atoms with Crippen LogP contribution in [0.4, 0.5) is 0 Å². The van der Waals surface area contributed by atoms with Gasteiger partial charge in [0.05, 0.1) is 18.2 Å². The number of nitrogens with two attached hydrogens (primary N) is 1. The van der Waals surface area contributed by atoms with Gasteiger partial charge in [0.2, 0.25) is 11.8 Å². The lowest BCUT2D eigenvalue weighted by Gasteiger charge is -2.21. The van der Waals surface area contributed by atoms with Crippen molar-refractivity contribution in [3.05, 3.63) is 54.2 Å². The molecule has 140 valence electrons. The first-order valence-corrected chi connectivity index (χ1v) is 8.55. The summed E-state index contributed by atoms with van der Waals surface area (Å²) in [6.07, 6.45) is 4.52. The molecule has 2 aromatic rings. The molecule has 0 radical (unpaired) electrons. The minimum Gasteiger partial charge on any atom is -0.477 e. The van der Waals surface area contributed by atoms with E-state index >= 15 is 0 Å². The Morgan fingerprint density at radius 2 is 2.04 bits per heavy atom. The highest BCUT2D eigenvalue weighted by molar-refractivity contribution is 6.00. The van der Waals surface area contributed by atoms with Gasteiger partial charge in [0.25, 0.3) is 5.91 Å². The topological polar surface area (TPSA) is 127 Å². The number of carbonyl (C=O) groups is 2. The van der Waals surface area contributed by atoms with Crippen LogP contribution in [0.15, 0.2) is 48.7 Å². The summed E-state index contributed by atoms with van der Waals surface area (Å²) in [6, 6.07) is 7.62. The van der Waals surface area contributed by atoms with Crippen LogP contribution in [0.5, 0.6) is 5.88 Å². The lowest BCUT2D eigenvalue weighted by Crippen LogP contribution is -2.49. The van der Waals surface area contributed by atoms with Crippen molar-refractivity contribution >= 4 is 11.8 Å². The van der Waals surface area contributed by atoms with Crippen LogP contribution in [-0.2, 0) is 4.79 Å². The lowest BCUT2D eigenvalue weighted by molar-refractivity contribution is -0.127. The van der Waals surface area contributed by atoms with Gasteiger partial charge in [0.1, 0.15) is 0 Å². The molecule has 2 bridgehead atoms. The lowest BCUT2D eigenvalue weighted by atomic mass is 10.0. The van der Waals surface area contributed by atoms with Crippen molar-refractivity contribution in [1.82, 2.24) is 15.3 Å². The highest BCUT2D eigenvalue weighted by Gasteiger charge is 2.26. The molecule has 0 saturated carbocycles. The van der Waals surface area contributed by atoms with Crippen LogP contribution in [0.2, 0.25) is 0 Å². The molecule has 1 aromatic heterocycles. The quantitative estimate of drug-likeness (QED) is 0.673. The van der Waals surface area contributed by atoms with Crippen LogP contribution < -0.4 is 15.8 Å². The largest absolute Gasteiger partial charge is 0.477 e. The number of hydrogen-bond acceptors (Lipinski definition) is 6.